The lowest BCUT2D eigenvalue weighted by molar-refractivity contribution is 0.338. The van der Waals surface area contributed by atoms with Gasteiger partial charge in [0.25, 0.3) is 0 Å². The molecule has 0 radical (unpaired) electrons. The van der Waals surface area contributed by atoms with Gasteiger partial charge in [-0.1, -0.05) is 26.0 Å². The molecule has 0 amide bonds. The van der Waals surface area contributed by atoms with Crippen molar-refractivity contribution in [3.05, 3.63) is 29.8 Å². The summed E-state index contributed by atoms with van der Waals surface area (Å²) >= 11 is 0. The second-order valence-corrected chi connectivity index (χ2v) is 9.64. The van der Waals surface area contributed by atoms with E-state index < -0.39 is 9.84 Å². The van der Waals surface area contributed by atoms with E-state index in [-0.39, 0.29) is 35.1 Å². The number of hydrogen-bond donors (Lipinski definition) is 1. The molecular formula is C19H34IN3O3S. The van der Waals surface area contributed by atoms with Crippen molar-refractivity contribution in [2.45, 2.75) is 33.7 Å². The smallest absolute Gasteiger partial charge is 0.193 e. The maximum absolute atomic E-state index is 11.4. The molecule has 1 N–H and O–H groups in total. The predicted octanol–water partition coefficient (Wildman–Crippen LogP) is 3.17. The van der Waals surface area contributed by atoms with Gasteiger partial charge in [0.15, 0.2) is 5.96 Å². The molecule has 6 nitrogen and oxygen atoms in total. The van der Waals surface area contributed by atoms with E-state index in [2.05, 4.69) is 24.2 Å². The highest BCUT2D eigenvalue weighted by molar-refractivity contribution is 14.0. The molecule has 1 rings (SSSR count). The molecule has 0 aliphatic heterocycles. The molecule has 0 fully saturated rings. The van der Waals surface area contributed by atoms with Crippen molar-refractivity contribution < 1.29 is 13.2 Å². The van der Waals surface area contributed by atoms with Crippen LogP contribution in [0.2, 0.25) is 0 Å². The third-order valence-electron chi connectivity index (χ3n) is 4.10. The van der Waals surface area contributed by atoms with Crippen LogP contribution in [-0.2, 0) is 16.4 Å². The van der Waals surface area contributed by atoms with Crippen molar-refractivity contribution in [2.75, 3.05) is 39.3 Å². The Morgan fingerprint density at radius 1 is 1.26 bits per heavy atom. The van der Waals surface area contributed by atoms with Crippen molar-refractivity contribution >= 4 is 39.8 Å². The molecule has 0 unspecified atom stereocenters. The predicted molar refractivity (Wildman–Crippen MR) is 124 cm³/mol. The number of benzene rings is 1. The molecular weight excluding hydrogens is 477 g/mol. The van der Waals surface area contributed by atoms with Crippen LogP contribution in [0, 0.1) is 5.41 Å². The summed E-state index contributed by atoms with van der Waals surface area (Å²) in [7, 11) is 0.787. The Bertz CT molecular complexity index is 689. The summed E-state index contributed by atoms with van der Waals surface area (Å²) in [6, 6.07) is 8.03. The minimum absolute atomic E-state index is 0. The summed E-state index contributed by atoms with van der Waals surface area (Å²) in [6.07, 6.45) is 1.89. The minimum Gasteiger partial charge on any atom is -0.494 e. The van der Waals surface area contributed by atoms with E-state index in [0.717, 1.165) is 23.8 Å². The Kier molecular flexibility index (Phi) is 11.3. The van der Waals surface area contributed by atoms with Gasteiger partial charge in [0.1, 0.15) is 15.6 Å². The zero-order valence-electron chi connectivity index (χ0n) is 17.3. The van der Waals surface area contributed by atoms with Crippen LogP contribution >= 0.6 is 24.0 Å². The van der Waals surface area contributed by atoms with Gasteiger partial charge in [0, 0.05) is 33.4 Å². The standard InChI is InChI=1S/C19H33N3O3S.HI/c1-7-25-17-10-8-16(9-11-17)14-22(5)18(20-4)21-15-19(2,3)12-13-26(6,23)24;/h8-11H,7,12-15H2,1-6H3,(H,20,21);1H. The largest absolute Gasteiger partial charge is 0.494 e. The summed E-state index contributed by atoms with van der Waals surface area (Å²) in [4.78, 5) is 6.38. The topological polar surface area (TPSA) is 71.0 Å². The van der Waals surface area contributed by atoms with E-state index in [9.17, 15) is 8.42 Å². The number of guanidine groups is 1. The van der Waals surface area contributed by atoms with Gasteiger partial charge in [-0.15, -0.1) is 24.0 Å². The van der Waals surface area contributed by atoms with Gasteiger partial charge in [-0.05, 0) is 36.5 Å². The van der Waals surface area contributed by atoms with Crippen molar-refractivity contribution in [3.8, 4) is 5.75 Å². The van der Waals surface area contributed by atoms with E-state index in [1.54, 1.807) is 7.05 Å². The maximum atomic E-state index is 11.4. The number of hydrogen-bond acceptors (Lipinski definition) is 4. The highest BCUT2D eigenvalue weighted by Crippen LogP contribution is 2.20. The molecule has 8 heteroatoms. The summed E-state index contributed by atoms with van der Waals surface area (Å²) < 4.78 is 28.2. The summed E-state index contributed by atoms with van der Waals surface area (Å²) in [5.41, 5.74) is 1.02. The molecule has 27 heavy (non-hydrogen) atoms. The Morgan fingerprint density at radius 3 is 2.33 bits per heavy atom. The molecule has 0 bridgehead atoms. The quantitative estimate of drug-likeness (QED) is 0.313. The van der Waals surface area contributed by atoms with Crippen LogP contribution < -0.4 is 10.1 Å². The van der Waals surface area contributed by atoms with E-state index in [0.29, 0.717) is 19.6 Å². The third kappa shape index (κ3) is 10.8. The fraction of sp³-hybridized carbons (Fsp3) is 0.632. The van der Waals surface area contributed by atoms with Crippen molar-refractivity contribution in [2.24, 2.45) is 10.4 Å². The summed E-state index contributed by atoms with van der Waals surface area (Å²) in [5, 5.41) is 3.35. The van der Waals surface area contributed by atoms with Gasteiger partial charge in [-0.3, -0.25) is 4.99 Å². The second kappa shape index (κ2) is 11.7. The van der Waals surface area contributed by atoms with E-state index in [1.165, 1.54) is 6.26 Å². The van der Waals surface area contributed by atoms with Crippen LogP contribution in [0.1, 0.15) is 32.8 Å². The van der Waals surface area contributed by atoms with Crippen LogP contribution in [0.3, 0.4) is 0 Å². The number of nitrogens with zero attached hydrogens (tertiary/aromatic N) is 2. The Labute approximate surface area is 181 Å². The first-order valence-electron chi connectivity index (χ1n) is 8.87. The molecule has 0 aliphatic rings. The fourth-order valence-corrected chi connectivity index (χ4v) is 3.38. The van der Waals surface area contributed by atoms with Gasteiger partial charge in [0.05, 0.1) is 12.4 Å². The Hall–Kier alpha value is -1.03. The molecule has 0 saturated heterocycles. The zero-order valence-corrected chi connectivity index (χ0v) is 20.4. The second-order valence-electron chi connectivity index (χ2n) is 7.38. The number of sulfone groups is 1. The highest BCUT2D eigenvalue weighted by atomic mass is 127. The van der Waals surface area contributed by atoms with E-state index in [4.69, 9.17) is 4.74 Å². The Balaban J connectivity index is 0.00000676. The third-order valence-corrected chi connectivity index (χ3v) is 5.05. The van der Waals surface area contributed by atoms with Crippen molar-refractivity contribution in [1.29, 1.82) is 0 Å². The number of halogens is 1. The molecule has 0 heterocycles. The molecule has 156 valence electrons. The molecule has 0 aliphatic carbocycles. The van der Waals surface area contributed by atoms with Crippen LogP contribution in [0.5, 0.6) is 5.75 Å². The van der Waals surface area contributed by atoms with E-state index in [1.807, 2.05) is 43.1 Å². The normalized spacial score (nSPS) is 12.3. The van der Waals surface area contributed by atoms with Crippen LogP contribution in [0.15, 0.2) is 29.3 Å². The SMILES string of the molecule is CCOc1ccc(CN(C)C(=NC)NCC(C)(C)CCS(C)(=O)=O)cc1.I. The molecule has 0 saturated carbocycles. The van der Waals surface area contributed by atoms with Crippen LogP contribution in [0.4, 0.5) is 0 Å². The number of aliphatic imine (C=N–C) groups is 1. The van der Waals surface area contributed by atoms with Crippen molar-refractivity contribution in [3.63, 3.8) is 0 Å². The number of nitrogens with one attached hydrogen (secondary N) is 1. The van der Waals surface area contributed by atoms with Gasteiger partial charge in [-0.25, -0.2) is 8.42 Å². The summed E-state index contributed by atoms with van der Waals surface area (Å²) in [6.45, 7) is 8.12. The summed E-state index contributed by atoms with van der Waals surface area (Å²) in [5.74, 6) is 1.85. The molecule has 0 spiro atoms. The number of ether oxygens (including phenoxy) is 1. The lowest BCUT2D eigenvalue weighted by Gasteiger charge is -2.28. The highest BCUT2D eigenvalue weighted by Gasteiger charge is 2.21. The van der Waals surface area contributed by atoms with Gasteiger partial charge >= 0.3 is 0 Å². The maximum Gasteiger partial charge on any atom is 0.193 e. The minimum atomic E-state index is -2.94. The first-order valence-corrected chi connectivity index (χ1v) is 10.9. The Morgan fingerprint density at radius 2 is 1.85 bits per heavy atom. The van der Waals surface area contributed by atoms with Gasteiger partial charge < -0.3 is 15.0 Å². The van der Waals surface area contributed by atoms with Crippen LogP contribution in [0.25, 0.3) is 0 Å². The average molecular weight is 511 g/mol. The van der Waals surface area contributed by atoms with Crippen molar-refractivity contribution in [1.82, 2.24) is 10.2 Å². The molecule has 0 atom stereocenters. The number of rotatable bonds is 9. The first-order chi connectivity index (χ1) is 12.1. The first kappa shape index (κ1) is 26.0. The molecule has 1 aromatic rings. The van der Waals surface area contributed by atoms with Gasteiger partial charge in [-0.2, -0.15) is 0 Å². The van der Waals surface area contributed by atoms with Crippen LogP contribution in [-0.4, -0.2) is 58.5 Å². The zero-order chi connectivity index (χ0) is 19.8. The molecule has 0 aromatic heterocycles. The fourth-order valence-electron chi connectivity index (χ4n) is 2.46. The molecule has 1 aromatic carbocycles. The van der Waals surface area contributed by atoms with E-state index >= 15 is 0 Å². The average Bonchev–Trinajstić information content (AvgIpc) is 2.55. The monoisotopic (exact) mass is 511 g/mol. The van der Waals surface area contributed by atoms with Gasteiger partial charge in [0.2, 0.25) is 0 Å². The lowest BCUT2D eigenvalue weighted by atomic mass is 9.90. The lowest BCUT2D eigenvalue weighted by Crippen LogP contribution is -2.43.